The summed E-state index contributed by atoms with van der Waals surface area (Å²) in [5, 5.41) is 12.3. The van der Waals surface area contributed by atoms with Crippen LogP contribution in [-0.4, -0.2) is 21.6 Å². The van der Waals surface area contributed by atoms with Crippen molar-refractivity contribution in [3.8, 4) is 17.3 Å². The lowest BCUT2D eigenvalue weighted by atomic mass is 10.1. The van der Waals surface area contributed by atoms with Crippen LogP contribution in [-0.2, 0) is 23.8 Å². The van der Waals surface area contributed by atoms with E-state index < -0.39 is 23.6 Å². The third kappa shape index (κ3) is 4.76. The van der Waals surface area contributed by atoms with Crippen LogP contribution in [0, 0.1) is 17.1 Å². The molecule has 0 radical (unpaired) electrons. The molecule has 0 atom stereocenters. The Balaban J connectivity index is 1.52. The molecule has 0 spiro atoms. The molecule has 1 aliphatic rings. The number of benzene rings is 1. The number of amides is 1. The summed E-state index contributed by atoms with van der Waals surface area (Å²) in [7, 11) is 0. The van der Waals surface area contributed by atoms with Crippen molar-refractivity contribution in [1.29, 1.82) is 5.26 Å². The molecule has 0 bridgehead atoms. The minimum atomic E-state index is -4.71. The lowest BCUT2D eigenvalue weighted by molar-refractivity contribution is -0.141. The number of nitriles is 1. The summed E-state index contributed by atoms with van der Waals surface area (Å²) in [4.78, 5) is 21.1. The molecule has 11 heteroatoms. The summed E-state index contributed by atoms with van der Waals surface area (Å²) < 4.78 is 53.1. The first kappa shape index (κ1) is 22.2. The number of anilines is 1. The Morgan fingerprint density at radius 3 is 2.66 bits per heavy atom. The number of thioether (sulfide) groups is 1. The third-order valence-corrected chi connectivity index (χ3v) is 6.81. The van der Waals surface area contributed by atoms with Gasteiger partial charge >= 0.3 is 6.18 Å². The second kappa shape index (κ2) is 8.88. The molecule has 0 fully saturated rings. The number of hydrogen-bond acceptors (Lipinski definition) is 6. The van der Waals surface area contributed by atoms with Crippen LogP contribution < -0.4 is 5.32 Å². The molecule has 3 aromatic rings. The standard InChI is InChI=1S/C21H14F4N4OS2/c22-12-6-4-11(5-7-12)15-8-17(21(23,24)25)28-20(27-15)31-10-18(30)29-19-14(9-26)13-2-1-3-16(13)32-19/h4-8H,1-3,10H2,(H,29,30). The molecule has 2 aromatic heterocycles. The van der Waals surface area contributed by atoms with Crippen molar-refractivity contribution in [2.45, 2.75) is 30.6 Å². The fourth-order valence-electron chi connectivity index (χ4n) is 3.31. The van der Waals surface area contributed by atoms with Crippen molar-refractivity contribution in [2.75, 3.05) is 11.1 Å². The number of thiophene rings is 1. The van der Waals surface area contributed by atoms with Crippen LogP contribution in [0.1, 0.15) is 28.1 Å². The third-order valence-electron chi connectivity index (χ3n) is 4.75. The maximum Gasteiger partial charge on any atom is 0.433 e. The van der Waals surface area contributed by atoms with E-state index in [-0.39, 0.29) is 22.2 Å². The average molecular weight is 478 g/mol. The monoisotopic (exact) mass is 478 g/mol. The van der Waals surface area contributed by atoms with E-state index in [1.54, 1.807) is 0 Å². The molecule has 2 heterocycles. The SMILES string of the molecule is N#Cc1c(NC(=O)CSc2nc(-c3ccc(F)cc3)cc(C(F)(F)F)n2)sc2c1CCC2. The molecule has 1 aliphatic carbocycles. The number of halogens is 4. The Bertz CT molecular complexity index is 1220. The van der Waals surface area contributed by atoms with Crippen molar-refractivity contribution < 1.29 is 22.4 Å². The average Bonchev–Trinajstić information content (AvgIpc) is 3.32. The van der Waals surface area contributed by atoms with Gasteiger partial charge in [0, 0.05) is 10.4 Å². The first-order chi connectivity index (χ1) is 15.2. The number of aromatic nitrogens is 2. The second-order valence-corrected chi connectivity index (χ2v) is 8.98. The number of hydrogen-bond donors (Lipinski definition) is 1. The molecule has 4 rings (SSSR count). The zero-order valence-corrected chi connectivity index (χ0v) is 17.9. The van der Waals surface area contributed by atoms with Crippen LogP contribution in [0.25, 0.3) is 11.3 Å². The van der Waals surface area contributed by atoms with Gasteiger partial charge in [0.2, 0.25) is 5.91 Å². The van der Waals surface area contributed by atoms with Gasteiger partial charge in [0.05, 0.1) is 17.0 Å². The summed E-state index contributed by atoms with van der Waals surface area (Å²) in [6, 6.07) is 7.78. The number of rotatable bonds is 5. The zero-order valence-electron chi connectivity index (χ0n) is 16.3. The van der Waals surface area contributed by atoms with E-state index in [2.05, 4.69) is 21.4 Å². The maximum absolute atomic E-state index is 13.3. The highest BCUT2D eigenvalue weighted by Gasteiger charge is 2.34. The van der Waals surface area contributed by atoms with Crippen LogP contribution in [0.15, 0.2) is 35.5 Å². The molecule has 5 nitrogen and oxygen atoms in total. The lowest BCUT2D eigenvalue weighted by Gasteiger charge is -2.10. The number of aryl methyl sites for hydroxylation is 1. The van der Waals surface area contributed by atoms with Gasteiger partial charge in [-0.05, 0) is 55.2 Å². The van der Waals surface area contributed by atoms with E-state index in [1.165, 1.54) is 23.5 Å². The van der Waals surface area contributed by atoms with Gasteiger partial charge in [-0.15, -0.1) is 11.3 Å². The van der Waals surface area contributed by atoms with E-state index in [1.807, 2.05) is 0 Å². The predicted molar refractivity (Wildman–Crippen MR) is 113 cm³/mol. The normalized spacial score (nSPS) is 13.0. The minimum absolute atomic E-state index is 0.0309. The van der Waals surface area contributed by atoms with Gasteiger partial charge in [0.15, 0.2) is 5.16 Å². The molecular weight excluding hydrogens is 464 g/mol. The van der Waals surface area contributed by atoms with Gasteiger partial charge < -0.3 is 5.32 Å². The van der Waals surface area contributed by atoms with Crippen LogP contribution >= 0.6 is 23.1 Å². The van der Waals surface area contributed by atoms with E-state index in [4.69, 9.17) is 0 Å². The largest absolute Gasteiger partial charge is 0.433 e. The highest BCUT2D eigenvalue weighted by atomic mass is 32.2. The first-order valence-corrected chi connectivity index (χ1v) is 11.2. The highest BCUT2D eigenvalue weighted by Crippen LogP contribution is 2.38. The van der Waals surface area contributed by atoms with E-state index in [9.17, 15) is 27.6 Å². The lowest BCUT2D eigenvalue weighted by Crippen LogP contribution is -2.15. The Kier molecular flexibility index (Phi) is 6.17. The van der Waals surface area contributed by atoms with Gasteiger partial charge in [-0.2, -0.15) is 18.4 Å². The molecule has 1 aromatic carbocycles. The van der Waals surface area contributed by atoms with Crippen molar-refractivity contribution in [3.05, 3.63) is 57.8 Å². The van der Waals surface area contributed by atoms with Crippen LogP contribution in [0.5, 0.6) is 0 Å². The van der Waals surface area contributed by atoms with E-state index in [0.717, 1.165) is 59.7 Å². The molecule has 164 valence electrons. The van der Waals surface area contributed by atoms with Crippen molar-refractivity contribution >= 4 is 34.0 Å². The van der Waals surface area contributed by atoms with Gasteiger partial charge in [-0.1, -0.05) is 11.8 Å². The molecule has 32 heavy (non-hydrogen) atoms. The fraction of sp³-hybridized carbons (Fsp3) is 0.238. The smallest absolute Gasteiger partial charge is 0.316 e. The summed E-state index contributed by atoms with van der Waals surface area (Å²) in [6.07, 6.45) is -2.08. The molecule has 0 aliphatic heterocycles. The van der Waals surface area contributed by atoms with Crippen LogP contribution in [0.4, 0.5) is 22.6 Å². The summed E-state index contributed by atoms with van der Waals surface area (Å²) in [5.74, 6) is -1.24. The molecular formula is C21H14F4N4OS2. The maximum atomic E-state index is 13.3. The number of carbonyl (C=O) groups excluding carboxylic acids is 1. The fourth-order valence-corrected chi connectivity index (χ4v) is 5.22. The number of nitrogens with zero attached hydrogens (tertiary/aromatic N) is 3. The number of fused-ring (bicyclic) bond motifs is 1. The molecule has 1 amide bonds. The van der Waals surface area contributed by atoms with Gasteiger partial charge in [0.1, 0.15) is 22.6 Å². The molecule has 0 saturated carbocycles. The van der Waals surface area contributed by atoms with E-state index in [0.29, 0.717) is 10.6 Å². The minimum Gasteiger partial charge on any atom is -0.316 e. The summed E-state index contributed by atoms with van der Waals surface area (Å²) >= 11 is 2.10. The Labute approximate surface area is 188 Å². The zero-order chi connectivity index (χ0) is 22.9. The Morgan fingerprint density at radius 1 is 1.22 bits per heavy atom. The Morgan fingerprint density at radius 2 is 1.97 bits per heavy atom. The summed E-state index contributed by atoms with van der Waals surface area (Å²) in [6.45, 7) is 0. The first-order valence-electron chi connectivity index (χ1n) is 9.44. The van der Waals surface area contributed by atoms with Crippen molar-refractivity contribution in [3.63, 3.8) is 0 Å². The molecule has 0 unspecified atom stereocenters. The van der Waals surface area contributed by atoms with Crippen molar-refractivity contribution in [2.24, 2.45) is 0 Å². The number of nitrogens with one attached hydrogen (secondary N) is 1. The predicted octanol–water partition coefficient (Wildman–Crippen LogP) is 5.45. The van der Waals surface area contributed by atoms with Crippen LogP contribution in [0.2, 0.25) is 0 Å². The second-order valence-electron chi connectivity index (χ2n) is 6.94. The van der Waals surface area contributed by atoms with Crippen LogP contribution in [0.3, 0.4) is 0 Å². The number of carbonyl (C=O) groups is 1. The quantitative estimate of drug-likeness (QED) is 0.300. The molecule has 0 saturated heterocycles. The Hall–Kier alpha value is -2.97. The van der Waals surface area contributed by atoms with Crippen molar-refractivity contribution in [1.82, 2.24) is 9.97 Å². The number of alkyl halides is 3. The molecule has 1 N–H and O–H groups in total. The highest BCUT2D eigenvalue weighted by molar-refractivity contribution is 7.99. The van der Waals surface area contributed by atoms with E-state index >= 15 is 0 Å². The van der Waals surface area contributed by atoms with Gasteiger partial charge in [-0.3, -0.25) is 4.79 Å². The topological polar surface area (TPSA) is 78.7 Å². The summed E-state index contributed by atoms with van der Waals surface area (Å²) in [5.41, 5.74) is 0.519. The van der Waals surface area contributed by atoms with Gasteiger partial charge in [-0.25, -0.2) is 14.4 Å². The van der Waals surface area contributed by atoms with Gasteiger partial charge in [0.25, 0.3) is 0 Å².